The van der Waals surface area contributed by atoms with E-state index in [-0.39, 0.29) is 11.5 Å². The minimum Gasteiger partial charge on any atom is -0.332 e. The molecule has 1 fully saturated rings. The molecule has 2 aromatic rings. The van der Waals surface area contributed by atoms with Crippen LogP contribution in [0.2, 0.25) is 0 Å². The average molecular weight is 301 g/mol. The van der Waals surface area contributed by atoms with E-state index in [1.807, 2.05) is 11.0 Å². The first kappa shape index (κ1) is 14.7. The highest BCUT2D eigenvalue weighted by Crippen LogP contribution is 2.15. The summed E-state index contributed by atoms with van der Waals surface area (Å²) in [7, 11) is 1.59. The maximum absolute atomic E-state index is 12.8. The number of nitrogens with one attached hydrogen (secondary N) is 1. The second-order valence-corrected chi connectivity index (χ2v) is 5.72. The number of amides is 1. The van der Waals surface area contributed by atoms with Gasteiger partial charge >= 0.3 is 0 Å². The van der Waals surface area contributed by atoms with Crippen LogP contribution in [-0.4, -0.2) is 53.3 Å². The number of fused-ring (bicyclic) bond motifs is 1. The Kier molecular flexibility index (Phi) is 3.94. The number of quaternary nitrogens is 1. The Morgan fingerprint density at radius 2 is 1.86 bits per heavy atom. The van der Waals surface area contributed by atoms with Gasteiger partial charge in [0.25, 0.3) is 11.5 Å². The van der Waals surface area contributed by atoms with E-state index in [4.69, 9.17) is 0 Å². The summed E-state index contributed by atoms with van der Waals surface area (Å²) in [5.41, 5.74) is 0.199. The molecule has 1 aliphatic heterocycles. The average Bonchev–Trinajstić information content (AvgIpc) is 2.57. The minimum atomic E-state index is -0.174. The van der Waals surface area contributed by atoms with Crippen molar-refractivity contribution in [1.82, 2.24) is 14.7 Å². The Bertz CT molecular complexity index is 760. The number of aryl methyl sites for hydroxylation is 1. The van der Waals surface area contributed by atoms with Gasteiger partial charge in [-0.05, 0) is 13.0 Å². The number of likely N-dealkylation sites (N-methyl/N-ethyl adjacent to an activating group) is 1. The molecule has 1 aromatic heterocycles. The molecule has 1 saturated heterocycles. The zero-order valence-corrected chi connectivity index (χ0v) is 13.0. The molecular weight excluding hydrogens is 280 g/mol. The number of hydrogen-bond acceptors (Lipinski definition) is 3. The smallest absolute Gasteiger partial charge is 0.275 e. The zero-order chi connectivity index (χ0) is 15.7. The van der Waals surface area contributed by atoms with E-state index in [1.165, 1.54) is 9.58 Å². The Hall–Kier alpha value is -2.21. The molecule has 1 N–H and O–H groups in total. The first-order valence-electron chi connectivity index (χ1n) is 7.70. The third kappa shape index (κ3) is 2.50. The topological polar surface area (TPSA) is 59.6 Å². The number of carbonyl (C=O) groups is 1. The van der Waals surface area contributed by atoms with Crippen molar-refractivity contribution in [1.29, 1.82) is 0 Å². The van der Waals surface area contributed by atoms with Crippen molar-refractivity contribution in [2.45, 2.75) is 6.92 Å². The summed E-state index contributed by atoms with van der Waals surface area (Å²) in [5.74, 6) is -0.0815. The number of rotatable bonds is 2. The molecule has 1 aliphatic rings. The maximum Gasteiger partial charge on any atom is 0.275 e. The lowest BCUT2D eigenvalue weighted by Crippen LogP contribution is -3.14. The van der Waals surface area contributed by atoms with Gasteiger partial charge in [0.2, 0.25) is 0 Å². The number of aromatic nitrogens is 2. The Morgan fingerprint density at radius 1 is 1.23 bits per heavy atom. The fourth-order valence-corrected chi connectivity index (χ4v) is 2.99. The molecule has 3 rings (SSSR count). The Morgan fingerprint density at radius 3 is 2.50 bits per heavy atom. The zero-order valence-electron chi connectivity index (χ0n) is 13.0. The van der Waals surface area contributed by atoms with E-state index in [2.05, 4.69) is 12.0 Å². The highest BCUT2D eigenvalue weighted by molar-refractivity contribution is 6.04. The largest absolute Gasteiger partial charge is 0.332 e. The molecule has 2 heterocycles. The molecule has 0 aliphatic carbocycles. The summed E-state index contributed by atoms with van der Waals surface area (Å²) in [6.45, 7) is 6.65. The van der Waals surface area contributed by atoms with E-state index in [9.17, 15) is 9.59 Å². The molecule has 0 radical (unpaired) electrons. The number of piperazine rings is 1. The highest BCUT2D eigenvalue weighted by atomic mass is 16.2. The van der Waals surface area contributed by atoms with Gasteiger partial charge < -0.3 is 9.80 Å². The quantitative estimate of drug-likeness (QED) is 0.797. The normalized spacial score (nSPS) is 16.2. The molecule has 1 aromatic carbocycles. The molecule has 6 nitrogen and oxygen atoms in total. The van der Waals surface area contributed by atoms with Gasteiger partial charge in [0.1, 0.15) is 0 Å². The SMILES string of the molecule is CC[NH+]1CCN(C(=O)c2nn(C)c(=O)c3ccccc23)CC1. The van der Waals surface area contributed by atoms with Gasteiger partial charge in [-0.25, -0.2) is 4.68 Å². The summed E-state index contributed by atoms with van der Waals surface area (Å²) in [6.07, 6.45) is 0. The van der Waals surface area contributed by atoms with Crippen molar-refractivity contribution in [3.05, 3.63) is 40.3 Å². The van der Waals surface area contributed by atoms with Crippen LogP contribution < -0.4 is 10.5 Å². The van der Waals surface area contributed by atoms with Gasteiger partial charge in [-0.1, -0.05) is 18.2 Å². The fraction of sp³-hybridized carbons (Fsp3) is 0.438. The van der Waals surface area contributed by atoms with E-state index >= 15 is 0 Å². The van der Waals surface area contributed by atoms with Crippen LogP contribution in [0.3, 0.4) is 0 Å². The minimum absolute atomic E-state index is 0.0815. The van der Waals surface area contributed by atoms with Crippen LogP contribution >= 0.6 is 0 Å². The lowest BCUT2D eigenvalue weighted by molar-refractivity contribution is -0.902. The van der Waals surface area contributed by atoms with E-state index < -0.39 is 0 Å². The van der Waals surface area contributed by atoms with Gasteiger partial charge in [-0.15, -0.1) is 0 Å². The van der Waals surface area contributed by atoms with Crippen molar-refractivity contribution >= 4 is 16.7 Å². The van der Waals surface area contributed by atoms with Crippen LogP contribution in [0.25, 0.3) is 10.8 Å². The van der Waals surface area contributed by atoms with Crippen LogP contribution in [0.5, 0.6) is 0 Å². The standard InChI is InChI=1S/C16H20N4O2/c1-3-19-8-10-20(11-9-19)16(22)14-12-6-4-5-7-13(12)15(21)18(2)17-14/h4-7H,3,8-11H2,1-2H3/p+1. The summed E-state index contributed by atoms with van der Waals surface area (Å²) in [6, 6.07) is 7.18. The van der Waals surface area contributed by atoms with Crippen molar-refractivity contribution < 1.29 is 9.69 Å². The molecule has 6 heteroatoms. The molecule has 22 heavy (non-hydrogen) atoms. The van der Waals surface area contributed by atoms with Gasteiger partial charge in [-0.2, -0.15) is 5.10 Å². The molecule has 0 atom stereocenters. The van der Waals surface area contributed by atoms with Crippen LogP contribution in [-0.2, 0) is 7.05 Å². The number of nitrogens with zero attached hydrogens (tertiary/aromatic N) is 3. The summed E-state index contributed by atoms with van der Waals surface area (Å²) in [4.78, 5) is 28.3. The van der Waals surface area contributed by atoms with Crippen molar-refractivity contribution in [3.8, 4) is 0 Å². The molecule has 116 valence electrons. The first-order valence-corrected chi connectivity index (χ1v) is 7.70. The number of carbonyl (C=O) groups excluding carboxylic acids is 1. The van der Waals surface area contributed by atoms with Crippen molar-refractivity contribution in [3.63, 3.8) is 0 Å². The third-order valence-electron chi connectivity index (χ3n) is 4.42. The van der Waals surface area contributed by atoms with Crippen molar-refractivity contribution in [2.75, 3.05) is 32.7 Å². The van der Waals surface area contributed by atoms with Gasteiger partial charge in [-0.3, -0.25) is 9.59 Å². The lowest BCUT2D eigenvalue weighted by atomic mass is 10.1. The first-order chi connectivity index (χ1) is 10.6. The van der Waals surface area contributed by atoms with Crippen LogP contribution in [0.15, 0.2) is 29.1 Å². The predicted octanol–water partition coefficient (Wildman–Crippen LogP) is -0.706. The molecule has 0 saturated carbocycles. The van der Waals surface area contributed by atoms with Gasteiger partial charge in [0, 0.05) is 12.4 Å². The summed E-state index contributed by atoms with van der Waals surface area (Å²) >= 11 is 0. The predicted molar refractivity (Wildman–Crippen MR) is 84.1 cm³/mol. The van der Waals surface area contributed by atoms with Gasteiger partial charge in [0.05, 0.1) is 38.1 Å². The molecule has 1 amide bonds. The van der Waals surface area contributed by atoms with Crippen LogP contribution in [0, 0.1) is 0 Å². The van der Waals surface area contributed by atoms with E-state index in [0.29, 0.717) is 16.5 Å². The fourth-order valence-electron chi connectivity index (χ4n) is 2.99. The summed E-state index contributed by atoms with van der Waals surface area (Å²) in [5, 5.41) is 5.40. The Balaban J connectivity index is 1.98. The molecule has 0 spiro atoms. The monoisotopic (exact) mass is 301 g/mol. The van der Waals surface area contributed by atoms with Crippen molar-refractivity contribution in [2.24, 2.45) is 7.05 Å². The molecule has 0 bridgehead atoms. The summed E-state index contributed by atoms with van der Waals surface area (Å²) < 4.78 is 1.25. The second-order valence-electron chi connectivity index (χ2n) is 5.72. The number of hydrogen-bond donors (Lipinski definition) is 1. The van der Waals surface area contributed by atoms with Crippen LogP contribution in [0.1, 0.15) is 17.4 Å². The second kappa shape index (κ2) is 5.88. The Labute approximate surface area is 128 Å². The maximum atomic E-state index is 12.8. The third-order valence-corrected chi connectivity index (χ3v) is 4.42. The lowest BCUT2D eigenvalue weighted by Gasteiger charge is -2.31. The molecule has 0 unspecified atom stereocenters. The number of benzene rings is 1. The van der Waals surface area contributed by atoms with Crippen LogP contribution in [0.4, 0.5) is 0 Å². The van der Waals surface area contributed by atoms with E-state index in [0.717, 1.165) is 32.7 Å². The van der Waals surface area contributed by atoms with Gasteiger partial charge in [0.15, 0.2) is 5.69 Å². The van der Waals surface area contributed by atoms with E-state index in [1.54, 1.807) is 25.2 Å². The highest BCUT2D eigenvalue weighted by Gasteiger charge is 2.26. The molecular formula is C16H21N4O2+.